The van der Waals surface area contributed by atoms with Crippen molar-refractivity contribution in [1.82, 2.24) is 0 Å². The van der Waals surface area contributed by atoms with Crippen LogP contribution in [0, 0.1) is 0 Å². The maximum absolute atomic E-state index is 12.0. The second kappa shape index (κ2) is 8.04. The Morgan fingerprint density at radius 1 is 1.12 bits per heavy atom. The third kappa shape index (κ3) is 5.35. The summed E-state index contributed by atoms with van der Waals surface area (Å²) in [6.45, 7) is 2.20. The number of hydrogen-bond acceptors (Lipinski definition) is 1. The molecule has 0 N–H and O–H groups in total. The molecule has 1 nitrogen and oxygen atoms in total. The molecule has 17 heavy (non-hydrogen) atoms. The molecule has 0 spiro atoms. The highest BCUT2D eigenvalue weighted by atomic mass is 79.9. The van der Waals surface area contributed by atoms with Gasteiger partial charge in [-0.05, 0) is 24.6 Å². The normalized spacial score (nSPS) is 10.5. The van der Waals surface area contributed by atoms with E-state index in [1.807, 2.05) is 18.2 Å². The molecule has 0 aromatic heterocycles. The van der Waals surface area contributed by atoms with Crippen LogP contribution in [0.3, 0.4) is 0 Å². The predicted octanol–water partition coefficient (Wildman–Crippen LogP) is 5.75. The quantitative estimate of drug-likeness (QED) is 0.446. The summed E-state index contributed by atoms with van der Waals surface area (Å²) in [6.07, 6.45) is 6.56. The zero-order valence-corrected chi connectivity index (χ0v) is 13.3. The number of carbonyl (C=O) groups excluding carboxylic acids is 1. The minimum absolute atomic E-state index is 0.231. The monoisotopic (exact) mass is 360 g/mol. The number of rotatable bonds is 7. The summed E-state index contributed by atoms with van der Waals surface area (Å²) < 4.78 is 1.84. The van der Waals surface area contributed by atoms with Crippen LogP contribution in [0.5, 0.6) is 0 Å². The summed E-state index contributed by atoms with van der Waals surface area (Å²) >= 11 is 6.82. The number of halogens is 2. The SMILES string of the molecule is CCCCCCCC(=O)c1cc(Br)ccc1Br. The number of carbonyl (C=O) groups is 1. The smallest absolute Gasteiger partial charge is 0.164 e. The molecule has 0 aliphatic rings. The first kappa shape index (κ1) is 14.9. The lowest BCUT2D eigenvalue weighted by Gasteiger charge is -2.04. The lowest BCUT2D eigenvalue weighted by molar-refractivity contribution is 0.0978. The third-order valence-electron chi connectivity index (χ3n) is 2.74. The molecule has 1 rings (SSSR count). The van der Waals surface area contributed by atoms with Gasteiger partial charge in [0.05, 0.1) is 0 Å². The third-order valence-corrected chi connectivity index (χ3v) is 3.92. The molecule has 0 fully saturated rings. The van der Waals surface area contributed by atoms with E-state index in [0.29, 0.717) is 6.42 Å². The van der Waals surface area contributed by atoms with Crippen molar-refractivity contribution in [2.75, 3.05) is 0 Å². The van der Waals surface area contributed by atoms with Gasteiger partial charge in [-0.2, -0.15) is 0 Å². The second-order valence-corrected chi connectivity index (χ2v) is 5.98. The van der Waals surface area contributed by atoms with Crippen LogP contribution < -0.4 is 0 Å². The molecule has 1 aromatic rings. The fourth-order valence-corrected chi connectivity index (χ4v) is 2.56. The number of unbranched alkanes of at least 4 members (excludes halogenated alkanes) is 4. The van der Waals surface area contributed by atoms with Crippen molar-refractivity contribution in [2.24, 2.45) is 0 Å². The van der Waals surface area contributed by atoms with E-state index >= 15 is 0 Å². The van der Waals surface area contributed by atoms with Gasteiger partial charge in [0.25, 0.3) is 0 Å². The Hall–Kier alpha value is -0.150. The van der Waals surface area contributed by atoms with Crippen LogP contribution in [0.4, 0.5) is 0 Å². The summed E-state index contributed by atoms with van der Waals surface area (Å²) in [5.41, 5.74) is 0.787. The van der Waals surface area contributed by atoms with Gasteiger partial charge in [0.15, 0.2) is 5.78 Å². The lowest BCUT2D eigenvalue weighted by atomic mass is 10.0. The van der Waals surface area contributed by atoms with Gasteiger partial charge < -0.3 is 0 Å². The largest absolute Gasteiger partial charge is 0.294 e. The van der Waals surface area contributed by atoms with E-state index in [1.165, 1.54) is 19.3 Å². The molecule has 3 heteroatoms. The average molecular weight is 362 g/mol. The molecular formula is C14H18Br2O. The fraction of sp³-hybridized carbons (Fsp3) is 0.500. The lowest BCUT2D eigenvalue weighted by Crippen LogP contribution is -2.00. The highest BCUT2D eigenvalue weighted by molar-refractivity contribution is 9.11. The Morgan fingerprint density at radius 2 is 1.82 bits per heavy atom. The highest BCUT2D eigenvalue weighted by Gasteiger charge is 2.09. The van der Waals surface area contributed by atoms with Crippen LogP contribution in [-0.2, 0) is 0 Å². The van der Waals surface area contributed by atoms with Gasteiger partial charge in [0, 0.05) is 20.9 Å². The molecule has 0 radical (unpaired) electrons. The average Bonchev–Trinajstić information content (AvgIpc) is 2.32. The van der Waals surface area contributed by atoms with E-state index in [-0.39, 0.29) is 5.78 Å². The molecule has 94 valence electrons. The first-order valence-corrected chi connectivity index (χ1v) is 7.72. The topological polar surface area (TPSA) is 17.1 Å². The second-order valence-electron chi connectivity index (χ2n) is 4.21. The highest BCUT2D eigenvalue weighted by Crippen LogP contribution is 2.23. The summed E-state index contributed by atoms with van der Waals surface area (Å²) in [7, 11) is 0. The molecule has 0 heterocycles. The summed E-state index contributed by atoms with van der Waals surface area (Å²) in [5.74, 6) is 0.231. The number of ketones is 1. The fourth-order valence-electron chi connectivity index (χ4n) is 1.73. The van der Waals surface area contributed by atoms with E-state index < -0.39 is 0 Å². The number of benzene rings is 1. The van der Waals surface area contributed by atoms with Crippen molar-refractivity contribution in [3.8, 4) is 0 Å². The molecule has 0 aliphatic carbocycles. The first-order chi connectivity index (χ1) is 8.15. The molecule has 0 unspecified atom stereocenters. The standard InChI is InChI=1S/C14H18Br2O/c1-2-3-4-5-6-7-14(17)12-10-11(15)8-9-13(12)16/h8-10H,2-7H2,1H3. The van der Waals surface area contributed by atoms with Crippen molar-refractivity contribution in [3.05, 3.63) is 32.7 Å². The van der Waals surface area contributed by atoms with Gasteiger partial charge >= 0.3 is 0 Å². The van der Waals surface area contributed by atoms with Gasteiger partial charge in [-0.25, -0.2) is 0 Å². The Morgan fingerprint density at radius 3 is 2.53 bits per heavy atom. The molecule has 0 atom stereocenters. The molecular weight excluding hydrogens is 344 g/mol. The minimum Gasteiger partial charge on any atom is -0.294 e. The Kier molecular flexibility index (Phi) is 7.05. The zero-order valence-electron chi connectivity index (χ0n) is 10.1. The molecule has 0 saturated heterocycles. The summed E-state index contributed by atoms with van der Waals surface area (Å²) in [6, 6.07) is 5.73. The first-order valence-electron chi connectivity index (χ1n) is 6.13. The molecule has 0 amide bonds. The molecule has 1 aromatic carbocycles. The van der Waals surface area contributed by atoms with Crippen molar-refractivity contribution >= 4 is 37.6 Å². The van der Waals surface area contributed by atoms with Crippen LogP contribution in [-0.4, -0.2) is 5.78 Å². The van der Waals surface area contributed by atoms with E-state index in [2.05, 4.69) is 38.8 Å². The van der Waals surface area contributed by atoms with Crippen LogP contribution in [0.15, 0.2) is 27.1 Å². The van der Waals surface area contributed by atoms with Gasteiger partial charge in [-0.1, -0.05) is 64.5 Å². The Balaban J connectivity index is 2.44. The van der Waals surface area contributed by atoms with E-state index in [9.17, 15) is 4.79 Å². The number of Topliss-reactive ketones (excluding diaryl/α,β-unsaturated/α-hetero) is 1. The van der Waals surface area contributed by atoms with Crippen molar-refractivity contribution < 1.29 is 4.79 Å². The van der Waals surface area contributed by atoms with Crippen molar-refractivity contribution in [3.63, 3.8) is 0 Å². The maximum atomic E-state index is 12.0. The Labute approximate surface area is 120 Å². The summed E-state index contributed by atoms with van der Waals surface area (Å²) in [4.78, 5) is 12.0. The van der Waals surface area contributed by atoms with Gasteiger partial charge in [-0.15, -0.1) is 0 Å². The zero-order chi connectivity index (χ0) is 12.7. The molecule has 0 saturated carbocycles. The van der Waals surface area contributed by atoms with Crippen LogP contribution >= 0.6 is 31.9 Å². The van der Waals surface area contributed by atoms with Crippen LogP contribution in [0.25, 0.3) is 0 Å². The maximum Gasteiger partial charge on any atom is 0.164 e. The minimum atomic E-state index is 0.231. The van der Waals surface area contributed by atoms with Gasteiger partial charge in [-0.3, -0.25) is 4.79 Å². The van der Waals surface area contributed by atoms with Crippen molar-refractivity contribution in [1.29, 1.82) is 0 Å². The molecule has 0 aliphatic heterocycles. The van der Waals surface area contributed by atoms with Gasteiger partial charge in [0.1, 0.15) is 0 Å². The van der Waals surface area contributed by atoms with Crippen LogP contribution in [0.1, 0.15) is 55.8 Å². The van der Waals surface area contributed by atoms with E-state index in [0.717, 1.165) is 27.4 Å². The predicted molar refractivity (Wildman–Crippen MR) is 79.5 cm³/mol. The Bertz CT molecular complexity index is 374. The van der Waals surface area contributed by atoms with E-state index in [1.54, 1.807) is 0 Å². The van der Waals surface area contributed by atoms with Crippen LogP contribution in [0.2, 0.25) is 0 Å². The number of hydrogen-bond donors (Lipinski definition) is 0. The van der Waals surface area contributed by atoms with Gasteiger partial charge in [0.2, 0.25) is 0 Å². The van der Waals surface area contributed by atoms with Crippen molar-refractivity contribution in [2.45, 2.75) is 45.4 Å². The summed E-state index contributed by atoms with van der Waals surface area (Å²) in [5, 5.41) is 0. The molecule has 0 bridgehead atoms. The van der Waals surface area contributed by atoms with E-state index in [4.69, 9.17) is 0 Å².